The third-order valence-corrected chi connectivity index (χ3v) is 3.78. The van der Waals surface area contributed by atoms with Crippen LogP contribution in [-0.4, -0.2) is 35.6 Å². The van der Waals surface area contributed by atoms with Gasteiger partial charge in [-0.05, 0) is 30.7 Å². The molecule has 2 N–H and O–H groups in total. The van der Waals surface area contributed by atoms with Crippen LogP contribution in [0, 0.1) is 5.92 Å². The maximum absolute atomic E-state index is 11.2. The van der Waals surface area contributed by atoms with Crippen molar-refractivity contribution in [1.82, 2.24) is 9.97 Å². The van der Waals surface area contributed by atoms with E-state index in [0.29, 0.717) is 18.2 Å². The Labute approximate surface area is 128 Å². The summed E-state index contributed by atoms with van der Waals surface area (Å²) in [6.07, 6.45) is 6.12. The quantitative estimate of drug-likeness (QED) is 0.904. The van der Waals surface area contributed by atoms with Gasteiger partial charge in [0.05, 0.1) is 6.61 Å². The van der Waals surface area contributed by atoms with Gasteiger partial charge in [-0.25, -0.2) is 0 Å². The van der Waals surface area contributed by atoms with Crippen LogP contribution in [-0.2, 0) is 0 Å². The van der Waals surface area contributed by atoms with Gasteiger partial charge in [-0.3, -0.25) is 14.8 Å². The molecule has 22 heavy (non-hydrogen) atoms. The molecule has 0 bridgehead atoms. The van der Waals surface area contributed by atoms with Gasteiger partial charge in [-0.2, -0.15) is 0 Å². The number of nitrogens with two attached hydrogens (primary N) is 1. The minimum atomic E-state index is -0.501. The monoisotopic (exact) mass is 298 g/mol. The maximum atomic E-state index is 11.2. The molecule has 0 saturated carbocycles. The number of amides is 1. The number of nitrogens with zero attached hydrogens (tertiary/aromatic N) is 3. The Morgan fingerprint density at radius 2 is 2.14 bits per heavy atom. The molecule has 0 aromatic carbocycles. The molecule has 1 amide bonds. The van der Waals surface area contributed by atoms with Gasteiger partial charge in [0.25, 0.3) is 5.91 Å². The topological polar surface area (TPSA) is 81.3 Å². The van der Waals surface area contributed by atoms with Crippen LogP contribution in [0.25, 0.3) is 0 Å². The predicted molar refractivity (Wildman–Crippen MR) is 82.8 cm³/mol. The van der Waals surface area contributed by atoms with Gasteiger partial charge in [0.2, 0.25) is 0 Å². The maximum Gasteiger partial charge on any atom is 0.267 e. The zero-order valence-electron chi connectivity index (χ0n) is 12.2. The van der Waals surface area contributed by atoms with Crippen LogP contribution in [0.3, 0.4) is 0 Å². The number of hydrogen-bond acceptors (Lipinski definition) is 5. The highest BCUT2D eigenvalue weighted by molar-refractivity contribution is 5.91. The minimum absolute atomic E-state index is 0.300. The van der Waals surface area contributed by atoms with Crippen LogP contribution in [0.15, 0.2) is 42.9 Å². The fourth-order valence-electron chi connectivity index (χ4n) is 2.60. The van der Waals surface area contributed by atoms with Crippen molar-refractivity contribution in [2.45, 2.75) is 6.42 Å². The summed E-state index contributed by atoms with van der Waals surface area (Å²) in [5, 5.41) is 0. The van der Waals surface area contributed by atoms with Crippen molar-refractivity contribution in [2.75, 3.05) is 24.6 Å². The Morgan fingerprint density at radius 1 is 1.32 bits per heavy atom. The molecular formula is C16H18N4O2. The second kappa shape index (κ2) is 6.43. The first-order valence-corrected chi connectivity index (χ1v) is 7.26. The molecule has 1 unspecified atom stereocenters. The lowest BCUT2D eigenvalue weighted by Crippen LogP contribution is -2.22. The number of pyridine rings is 2. The summed E-state index contributed by atoms with van der Waals surface area (Å²) >= 11 is 0. The van der Waals surface area contributed by atoms with Crippen molar-refractivity contribution in [2.24, 2.45) is 11.7 Å². The number of ether oxygens (including phenoxy) is 1. The third kappa shape index (κ3) is 3.33. The summed E-state index contributed by atoms with van der Waals surface area (Å²) in [4.78, 5) is 21.4. The number of carbonyl (C=O) groups is 1. The van der Waals surface area contributed by atoms with E-state index in [2.05, 4.69) is 14.9 Å². The first-order chi connectivity index (χ1) is 10.7. The molecule has 2 aromatic rings. The Balaban J connectivity index is 1.58. The van der Waals surface area contributed by atoms with Crippen LogP contribution < -0.4 is 15.4 Å². The number of anilines is 1. The van der Waals surface area contributed by atoms with Gasteiger partial charge in [-0.1, -0.05) is 0 Å². The molecular weight excluding hydrogens is 280 g/mol. The first kappa shape index (κ1) is 14.3. The first-order valence-electron chi connectivity index (χ1n) is 7.26. The van der Waals surface area contributed by atoms with E-state index in [9.17, 15) is 4.79 Å². The van der Waals surface area contributed by atoms with Gasteiger partial charge in [0, 0.05) is 43.3 Å². The number of hydrogen-bond donors (Lipinski definition) is 1. The second-order valence-electron chi connectivity index (χ2n) is 5.36. The lowest BCUT2D eigenvalue weighted by atomic mass is 10.1. The van der Waals surface area contributed by atoms with E-state index < -0.39 is 5.91 Å². The van der Waals surface area contributed by atoms with Crippen LogP contribution in [0.5, 0.6) is 5.75 Å². The summed E-state index contributed by atoms with van der Waals surface area (Å²) in [5.41, 5.74) is 6.56. The fourth-order valence-corrected chi connectivity index (χ4v) is 2.60. The molecule has 1 aliphatic heterocycles. The largest absolute Gasteiger partial charge is 0.493 e. The number of aromatic nitrogens is 2. The number of primary amides is 1. The van der Waals surface area contributed by atoms with Gasteiger partial charge in [-0.15, -0.1) is 0 Å². The molecule has 6 nitrogen and oxygen atoms in total. The average molecular weight is 298 g/mol. The van der Waals surface area contributed by atoms with E-state index in [1.807, 2.05) is 18.2 Å². The molecule has 2 aromatic heterocycles. The summed E-state index contributed by atoms with van der Waals surface area (Å²) in [5.74, 6) is 0.797. The van der Waals surface area contributed by atoms with E-state index >= 15 is 0 Å². The van der Waals surface area contributed by atoms with E-state index in [1.54, 1.807) is 24.7 Å². The smallest absolute Gasteiger partial charge is 0.267 e. The van der Waals surface area contributed by atoms with Crippen molar-refractivity contribution in [3.8, 4) is 5.75 Å². The predicted octanol–water partition coefficient (Wildman–Crippen LogP) is 1.48. The summed E-state index contributed by atoms with van der Waals surface area (Å²) in [7, 11) is 0. The zero-order valence-corrected chi connectivity index (χ0v) is 12.2. The molecule has 1 fully saturated rings. The second-order valence-corrected chi connectivity index (χ2v) is 5.36. The van der Waals surface area contributed by atoms with E-state index in [-0.39, 0.29) is 0 Å². The van der Waals surface area contributed by atoms with Gasteiger partial charge in [0.1, 0.15) is 11.4 Å². The Bertz CT molecular complexity index is 648. The molecule has 114 valence electrons. The van der Waals surface area contributed by atoms with E-state index in [0.717, 1.165) is 30.9 Å². The van der Waals surface area contributed by atoms with Crippen LogP contribution >= 0.6 is 0 Å². The van der Waals surface area contributed by atoms with Crippen LogP contribution in [0.4, 0.5) is 5.69 Å². The zero-order chi connectivity index (χ0) is 15.4. The van der Waals surface area contributed by atoms with Gasteiger partial charge < -0.3 is 15.4 Å². The van der Waals surface area contributed by atoms with Crippen molar-refractivity contribution in [3.05, 3.63) is 48.5 Å². The molecule has 1 aliphatic rings. The molecule has 1 saturated heterocycles. The molecule has 0 aliphatic carbocycles. The summed E-state index contributed by atoms with van der Waals surface area (Å²) < 4.78 is 5.78. The highest BCUT2D eigenvalue weighted by Crippen LogP contribution is 2.24. The number of rotatable bonds is 5. The average Bonchev–Trinajstić information content (AvgIpc) is 3.03. The van der Waals surface area contributed by atoms with E-state index in [4.69, 9.17) is 10.5 Å². The molecule has 3 heterocycles. The van der Waals surface area contributed by atoms with Gasteiger partial charge >= 0.3 is 0 Å². The summed E-state index contributed by atoms with van der Waals surface area (Å²) in [6, 6.07) is 7.36. The highest BCUT2D eigenvalue weighted by atomic mass is 16.5. The minimum Gasteiger partial charge on any atom is -0.493 e. The lowest BCUT2D eigenvalue weighted by molar-refractivity contribution is 0.0995. The normalized spacial score (nSPS) is 17.5. The standard InChI is InChI=1S/C16H18N4O2/c17-16(21)15-9-13(1-7-19-15)20-8-4-12(10-20)11-22-14-2-5-18-6-3-14/h1-3,5-7,9,12H,4,8,10-11H2,(H2,17,21). The molecule has 1 atom stereocenters. The Kier molecular flexibility index (Phi) is 4.18. The van der Waals surface area contributed by atoms with E-state index in [1.165, 1.54) is 0 Å². The van der Waals surface area contributed by atoms with Gasteiger partial charge in [0.15, 0.2) is 0 Å². The molecule has 3 rings (SSSR count). The van der Waals surface area contributed by atoms with Crippen molar-refractivity contribution >= 4 is 11.6 Å². The SMILES string of the molecule is NC(=O)c1cc(N2CCC(COc3ccncc3)C2)ccn1. The highest BCUT2D eigenvalue weighted by Gasteiger charge is 2.23. The molecule has 6 heteroatoms. The Morgan fingerprint density at radius 3 is 2.91 bits per heavy atom. The molecule has 0 spiro atoms. The van der Waals surface area contributed by atoms with Crippen molar-refractivity contribution < 1.29 is 9.53 Å². The lowest BCUT2D eigenvalue weighted by Gasteiger charge is -2.19. The van der Waals surface area contributed by atoms with Crippen molar-refractivity contribution in [1.29, 1.82) is 0 Å². The van der Waals surface area contributed by atoms with Crippen molar-refractivity contribution in [3.63, 3.8) is 0 Å². The Hall–Kier alpha value is -2.63. The third-order valence-electron chi connectivity index (χ3n) is 3.78. The van der Waals surface area contributed by atoms with Crippen LogP contribution in [0.2, 0.25) is 0 Å². The number of carbonyl (C=O) groups excluding carboxylic acids is 1. The molecule has 0 radical (unpaired) electrons. The summed E-state index contributed by atoms with van der Waals surface area (Å²) in [6.45, 7) is 2.51. The van der Waals surface area contributed by atoms with Crippen LogP contribution in [0.1, 0.15) is 16.9 Å². The fraction of sp³-hybridized carbons (Fsp3) is 0.312.